The van der Waals surface area contributed by atoms with Crippen molar-refractivity contribution >= 4 is 44.7 Å². The van der Waals surface area contributed by atoms with Crippen molar-refractivity contribution in [2.24, 2.45) is 0 Å². The van der Waals surface area contributed by atoms with E-state index in [0.717, 1.165) is 19.8 Å². The van der Waals surface area contributed by atoms with Crippen molar-refractivity contribution in [3.63, 3.8) is 0 Å². The molecule has 2 rings (SSSR count). The zero-order chi connectivity index (χ0) is 12.6. The van der Waals surface area contributed by atoms with E-state index in [9.17, 15) is 4.79 Å². The van der Waals surface area contributed by atoms with E-state index in [1.807, 2.05) is 32.0 Å². The van der Waals surface area contributed by atoms with Crippen LogP contribution >= 0.6 is 38.9 Å². The molecule has 88 valence electrons. The normalized spacial score (nSPS) is 10.6. The second-order valence-corrected chi connectivity index (χ2v) is 6.33. The van der Waals surface area contributed by atoms with Crippen molar-refractivity contribution in [1.82, 2.24) is 0 Å². The Balaban J connectivity index is 2.40. The molecule has 2 aromatic rings. The van der Waals surface area contributed by atoms with E-state index < -0.39 is 0 Å². The van der Waals surface area contributed by atoms with Crippen molar-refractivity contribution < 1.29 is 4.79 Å². The first kappa shape index (κ1) is 12.8. The van der Waals surface area contributed by atoms with Crippen LogP contribution in [0.1, 0.15) is 25.7 Å². The highest BCUT2D eigenvalue weighted by Gasteiger charge is 2.14. The number of hydrogen-bond acceptors (Lipinski definition) is 2. The summed E-state index contributed by atoms with van der Waals surface area (Å²) in [5.41, 5.74) is 1.61. The van der Waals surface area contributed by atoms with Crippen molar-refractivity contribution in [1.29, 1.82) is 0 Å². The minimum absolute atomic E-state index is 0.0192. The van der Waals surface area contributed by atoms with Crippen LogP contribution in [-0.2, 0) is 0 Å². The Kier molecular flexibility index (Phi) is 3.71. The van der Waals surface area contributed by atoms with Crippen LogP contribution in [0.5, 0.6) is 0 Å². The van der Waals surface area contributed by atoms with Crippen LogP contribution in [0.25, 0.3) is 0 Å². The number of carbonyl (C=O) groups excluding carboxylic acids is 1. The molecule has 0 aliphatic rings. The molecule has 0 bridgehead atoms. The molecular formula is C13H10BrClOS. The molecule has 17 heavy (non-hydrogen) atoms. The highest BCUT2D eigenvalue weighted by molar-refractivity contribution is 9.10. The summed E-state index contributed by atoms with van der Waals surface area (Å²) >= 11 is 10.9. The van der Waals surface area contributed by atoms with Gasteiger partial charge in [-0.3, -0.25) is 4.79 Å². The number of ketones is 1. The molecule has 1 heterocycles. The van der Waals surface area contributed by atoms with Crippen molar-refractivity contribution in [2.45, 2.75) is 13.8 Å². The van der Waals surface area contributed by atoms with Crippen LogP contribution in [-0.4, -0.2) is 5.78 Å². The third-order valence-electron chi connectivity index (χ3n) is 2.52. The monoisotopic (exact) mass is 328 g/mol. The summed E-state index contributed by atoms with van der Waals surface area (Å²) < 4.78 is 0.976. The number of carbonyl (C=O) groups is 1. The number of benzene rings is 1. The molecule has 0 atom stereocenters. The largest absolute Gasteiger partial charge is 0.288 e. The van der Waals surface area contributed by atoms with Gasteiger partial charge >= 0.3 is 0 Å². The van der Waals surface area contributed by atoms with Gasteiger partial charge in [-0.15, -0.1) is 11.3 Å². The minimum atomic E-state index is 0.0192. The van der Waals surface area contributed by atoms with E-state index in [4.69, 9.17) is 11.6 Å². The molecule has 0 saturated carbocycles. The van der Waals surface area contributed by atoms with Gasteiger partial charge in [0.25, 0.3) is 0 Å². The summed E-state index contributed by atoms with van der Waals surface area (Å²) in [7, 11) is 0. The summed E-state index contributed by atoms with van der Waals surface area (Å²) in [5, 5.41) is 0.628. The Morgan fingerprint density at radius 2 is 2.00 bits per heavy atom. The van der Waals surface area contributed by atoms with Gasteiger partial charge in [0, 0.05) is 19.9 Å². The summed E-state index contributed by atoms with van der Waals surface area (Å²) in [4.78, 5) is 14.0. The SMILES string of the molecule is Cc1ccc(C(=O)c2cc(Br)c(C)s2)cc1Cl. The van der Waals surface area contributed by atoms with Crippen LogP contribution in [0, 0.1) is 13.8 Å². The lowest BCUT2D eigenvalue weighted by Gasteiger charge is -2.01. The molecule has 0 saturated heterocycles. The quantitative estimate of drug-likeness (QED) is 0.708. The maximum absolute atomic E-state index is 12.2. The number of halogens is 2. The Morgan fingerprint density at radius 1 is 1.29 bits per heavy atom. The second-order valence-electron chi connectivity index (χ2n) is 3.81. The van der Waals surface area contributed by atoms with E-state index in [0.29, 0.717) is 10.6 Å². The van der Waals surface area contributed by atoms with E-state index >= 15 is 0 Å². The summed E-state index contributed by atoms with van der Waals surface area (Å²) in [5.74, 6) is 0.0192. The number of hydrogen-bond donors (Lipinski definition) is 0. The molecule has 0 unspecified atom stereocenters. The van der Waals surface area contributed by atoms with Gasteiger partial charge in [-0.05, 0) is 47.5 Å². The van der Waals surface area contributed by atoms with Gasteiger partial charge in [0.05, 0.1) is 4.88 Å². The van der Waals surface area contributed by atoms with E-state index in [1.54, 1.807) is 6.07 Å². The third-order valence-corrected chi connectivity index (χ3v) is 5.06. The van der Waals surface area contributed by atoms with Gasteiger partial charge in [-0.25, -0.2) is 0 Å². The first-order valence-electron chi connectivity index (χ1n) is 5.06. The first-order chi connectivity index (χ1) is 7.99. The minimum Gasteiger partial charge on any atom is -0.288 e. The van der Waals surface area contributed by atoms with Crippen LogP contribution in [0.4, 0.5) is 0 Å². The van der Waals surface area contributed by atoms with Crippen molar-refractivity contribution in [3.8, 4) is 0 Å². The van der Waals surface area contributed by atoms with Gasteiger partial charge < -0.3 is 0 Å². The Labute approximate surface area is 118 Å². The van der Waals surface area contributed by atoms with Gasteiger partial charge in [0.15, 0.2) is 0 Å². The predicted octanol–water partition coefficient (Wildman–Crippen LogP) is 5.01. The van der Waals surface area contributed by atoms with E-state index in [1.165, 1.54) is 11.3 Å². The smallest absolute Gasteiger partial charge is 0.203 e. The fourth-order valence-corrected chi connectivity index (χ4v) is 3.13. The average Bonchev–Trinajstić information content (AvgIpc) is 2.62. The van der Waals surface area contributed by atoms with Crippen molar-refractivity contribution in [2.75, 3.05) is 0 Å². The van der Waals surface area contributed by atoms with Gasteiger partial charge in [0.2, 0.25) is 5.78 Å². The number of thiophene rings is 1. The van der Waals surface area contributed by atoms with Crippen LogP contribution in [0.3, 0.4) is 0 Å². The van der Waals surface area contributed by atoms with Gasteiger partial charge in [-0.1, -0.05) is 23.7 Å². The van der Waals surface area contributed by atoms with Crippen molar-refractivity contribution in [3.05, 3.63) is 54.6 Å². The van der Waals surface area contributed by atoms with Gasteiger partial charge in [0.1, 0.15) is 0 Å². The first-order valence-corrected chi connectivity index (χ1v) is 7.04. The predicted molar refractivity (Wildman–Crippen MR) is 76.4 cm³/mol. The van der Waals surface area contributed by atoms with Crippen LogP contribution in [0.2, 0.25) is 5.02 Å². The molecular weight excluding hydrogens is 320 g/mol. The molecule has 0 amide bonds. The lowest BCUT2D eigenvalue weighted by Crippen LogP contribution is -1.98. The maximum Gasteiger partial charge on any atom is 0.203 e. The standard InChI is InChI=1S/C13H10BrClOS/c1-7-3-4-9(5-11(7)15)13(16)12-6-10(14)8(2)17-12/h3-6H,1-2H3. The number of aryl methyl sites for hydroxylation is 2. The molecule has 4 heteroatoms. The second kappa shape index (κ2) is 4.92. The molecule has 0 fully saturated rings. The Bertz CT molecular complexity index is 570. The highest BCUT2D eigenvalue weighted by Crippen LogP contribution is 2.29. The third kappa shape index (κ3) is 2.62. The topological polar surface area (TPSA) is 17.1 Å². The summed E-state index contributed by atoms with van der Waals surface area (Å²) in [6.07, 6.45) is 0. The summed E-state index contributed by atoms with van der Waals surface area (Å²) in [6, 6.07) is 7.26. The molecule has 0 aliphatic heterocycles. The fourth-order valence-electron chi connectivity index (χ4n) is 1.45. The molecule has 0 N–H and O–H groups in total. The average molecular weight is 330 g/mol. The molecule has 1 nitrogen and oxygen atoms in total. The zero-order valence-corrected chi connectivity index (χ0v) is 12.5. The Morgan fingerprint density at radius 3 is 2.53 bits per heavy atom. The lowest BCUT2D eigenvalue weighted by molar-refractivity contribution is 0.104. The summed E-state index contributed by atoms with van der Waals surface area (Å²) in [6.45, 7) is 3.90. The molecule has 0 spiro atoms. The molecule has 0 radical (unpaired) electrons. The molecule has 0 aliphatic carbocycles. The lowest BCUT2D eigenvalue weighted by atomic mass is 10.1. The highest BCUT2D eigenvalue weighted by atomic mass is 79.9. The van der Waals surface area contributed by atoms with E-state index in [2.05, 4.69) is 15.9 Å². The Hall–Kier alpha value is -0.640. The number of rotatable bonds is 2. The zero-order valence-electron chi connectivity index (χ0n) is 9.38. The van der Waals surface area contributed by atoms with Crippen LogP contribution in [0.15, 0.2) is 28.7 Å². The molecule has 1 aromatic heterocycles. The van der Waals surface area contributed by atoms with E-state index in [-0.39, 0.29) is 5.78 Å². The van der Waals surface area contributed by atoms with Gasteiger partial charge in [-0.2, -0.15) is 0 Å². The maximum atomic E-state index is 12.2. The van der Waals surface area contributed by atoms with Crippen LogP contribution < -0.4 is 0 Å². The fraction of sp³-hybridized carbons (Fsp3) is 0.154. The molecule has 1 aromatic carbocycles.